The number of hydrogen-bond donors (Lipinski definition) is 1. The number of nitrogens with one attached hydrogen (secondary N) is 1. The van der Waals surface area contributed by atoms with Gasteiger partial charge in [0.1, 0.15) is 0 Å². The van der Waals surface area contributed by atoms with E-state index < -0.39 is 0 Å². The summed E-state index contributed by atoms with van der Waals surface area (Å²) in [5.41, 5.74) is 2.30. The first-order valence-corrected chi connectivity index (χ1v) is 7.78. The van der Waals surface area contributed by atoms with Gasteiger partial charge in [-0.1, -0.05) is 44.0 Å². The standard InChI is InChI=1S/C15H16Br2N2/c1-10(13-7-6-12(16)9-14(13)17)19-11(2)15-5-3-4-8-18-15/h3-11,19H,1-2H3/t10?,11-/m0/s1. The first-order chi connectivity index (χ1) is 9.08. The zero-order valence-electron chi connectivity index (χ0n) is 10.9. The molecule has 0 spiro atoms. The minimum Gasteiger partial charge on any atom is -0.302 e. The van der Waals surface area contributed by atoms with Crippen LogP contribution in [-0.4, -0.2) is 4.98 Å². The molecular weight excluding hydrogens is 368 g/mol. The Balaban J connectivity index is 2.10. The van der Waals surface area contributed by atoms with Crippen LogP contribution >= 0.6 is 31.9 Å². The van der Waals surface area contributed by atoms with E-state index in [1.807, 2.05) is 24.4 Å². The van der Waals surface area contributed by atoms with E-state index in [4.69, 9.17) is 0 Å². The molecule has 2 rings (SSSR count). The molecule has 2 atom stereocenters. The Labute approximate surface area is 130 Å². The summed E-state index contributed by atoms with van der Waals surface area (Å²) in [6, 6.07) is 12.7. The van der Waals surface area contributed by atoms with Crippen molar-refractivity contribution in [2.75, 3.05) is 0 Å². The van der Waals surface area contributed by atoms with Crippen LogP contribution in [0.1, 0.15) is 37.2 Å². The van der Waals surface area contributed by atoms with Crippen molar-refractivity contribution in [2.45, 2.75) is 25.9 Å². The molecule has 0 aliphatic rings. The van der Waals surface area contributed by atoms with E-state index in [1.165, 1.54) is 5.56 Å². The Kier molecular flexibility index (Phi) is 5.13. The fourth-order valence-electron chi connectivity index (χ4n) is 2.03. The highest BCUT2D eigenvalue weighted by atomic mass is 79.9. The summed E-state index contributed by atoms with van der Waals surface area (Å²) in [5.74, 6) is 0. The molecule has 0 saturated carbocycles. The first-order valence-electron chi connectivity index (χ1n) is 6.20. The zero-order chi connectivity index (χ0) is 13.8. The van der Waals surface area contributed by atoms with Crippen molar-refractivity contribution in [1.82, 2.24) is 10.3 Å². The fraction of sp³-hybridized carbons (Fsp3) is 0.267. The lowest BCUT2D eigenvalue weighted by Crippen LogP contribution is -2.23. The van der Waals surface area contributed by atoms with Crippen molar-refractivity contribution in [3.05, 3.63) is 62.8 Å². The first kappa shape index (κ1) is 14.7. The van der Waals surface area contributed by atoms with Gasteiger partial charge in [-0.3, -0.25) is 4.98 Å². The van der Waals surface area contributed by atoms with Gasteiger partial charge in [-0.05, 0) is 43.7 Å². The van der Waals surface area contributed by atoms with Crippen LogP contribution < -0.4 is 5.32 Å². The monoisotopic (exact) mass is 382 g/mol. The summed E-state index contributed by atoms with van der Waals surface area (Å²) in [6.45, 7) is 4.29. The summed E-state index contributed by atoms with van der Waals surface area (Å²) >= 11 is 7.08. The van der Waals surface area contributed by atoms with Gasteiger partial charge < -0.3 is 5.32 Å². The Morgan fingerprint density at radius 3 is 2.47 bits per heavy atom. The Hall–Kier alpha value is -0.710. The Bertz CT molecular complexity index is 543. The second kappa shape index (κ2) is 6.64. The number of aromatic nitrogens is 1. The molecule has 0 aliphatic heterocycles. The van der Waals surface area contributed by atoms with Crippen LogP contribution in [-0.2, 0) is 0 Å². The van der Waals surface area contributed by atoms with Crippen molar-refractivity contribution in [3.8, 4) is 0 Å². The van der Waals surface area contributed by atoms with Gasteiger partial charge in [-0.25, -0.2) is 0 Å². The average Bonchev–Trinajstić information content (AvgIpc) is 2.39. The molecule has 0 radical (unpaired) electrons. The summed E-state index contributed by atoms with van der Waals surface area (Å²) < 4.78 is 2.18. The minimum atomic E-state index is 0.215. The number of halogens is 2. The van der Waals surface area contributed by atoms with E-state index in [0.717, 1.165) is 14.6 Å². The molecule has 0 saturated heterocycles. The molecule has 1 N–H and O–H groups in total. The van der Waals surface area contributed by atoms with Gasteiger partial charge >= 0.3 is 0 Å². The molecule has 19 heavy (non-hydrogen) atoms. The molecule has 2 aromatic rings. The Morgan fingerprint density at radius 1 is 1.05 bits per heavy atom. The fourth-order valence-corrected chi connectivity index (χ4v) is 3.43. The van der Waals surface area contributed by atoms with Crippen molar-refractivity contribution < 1.29 is 0 Å². The molecule has 0 aliphatic carbocycles. The van der Waals surface area contributed by atoms with Gasteiger partial charge in [-0.15, -0.1) is 0 Å². The SMILES string of the molecule is CC(N[C@@H](C)c1ccccn1)c1ccc(Br)cc1Br. The third kappa shape index (κ3) is 3.88. The maximum absolute atomic E-state index is 4.38. The lowest BCUT2D eigenvalue weighted by Gasteiger charge is -2.21. The molecule has 0 bridgehead atoms. The number of hydrogen-bond acceptors (Lipinski definition) is 2. The highest BCUT2D eigenvalue weighted by Gasteiger charge is 2.14. The minimum absolute atomic E-state index is 0.215. The second-order valence-corrected chi connectivity index (χ2v) is 6.30. The quantitative estimate of drug-likeness (QED) is 0.801. The van der Waals surface area contributed by atoms with Gasteiger partial charge in [0.2, 0.25) is 0 Å². The number of benzene rings is 1. The van der Waals surface area contributed by atoms with E-state index in [9.17, 15) is 0 Å². The molecule has 4 heteroatoms. The molecule has 2 nitrogen and oxygen atoms in total. The number of rotatable bonds is 4. The van der Waals surface area contributed by atoms with Crippen LogP contribution in [0.5, 0.6) is 0 Å². The van der Waals surface area contributed by atoms with Crippen LogP contribution in [0.3, 0.4) is 0 Å². The van der Waals surface area contributed by atoms with Gasteiger partial charge in [0.05, 0.1) is 5.69 Å². The lowest BCUT2D eigenvalue weighted by atomic mass is 10.1. The highest BCUT2D eigenvalue weighted by Crippen LogP contribution is 2.28. The third-order valence-electron chi connectivity index (χ3n) is 3.06. The van der Waals surface area contributed by atoms with E-state index in [0.29, 0.717) is 0 Å². The van der Waals surface area contributed by atoms with Crippen LogP contribution in [0, 0.1) is 0 Å². The molecular formula is C15H16Br2N2. The third-order valence-corrected chi connectivity index (χ3v) is 4.24. The molecule has 1 heterocycles. The molecule has 0 amide bonds. The number of nitrogens with zero attached hydrogens (tertiary/aromatic N) is 1. The Morgan fingerprint density at radius 2 is 1.84 bits per heavy atom. The average molecular weight is 384 g/mol. The van der Waals surface area contributed by atoms with Crippen LogP contribution in [0.25, 0.3) is 0 Å². The summed E-state index contributed by atoms with van der Waals surface area (Å²) in [5, 5.41) is 3.56. The van der Waals surface area contributed by atoms with Gasteiger partial charge in [-0.2, -0.15) is 0 Å². The van der Waals surface area contributed by atoms with Crippen LogP contribution in [0.4, 0.5) is 0 Å². The van der Waals surface area contributed by atoms with Crippen LogP contribution in [0.15, 0.2) is 51.5 Å². The summed E-state index contributed by atoms with van der Waals surface area (Å²) in [6.07, 6.45) is 1.83. The summed E-state index contributed by atoms with van der Waals surface area (Å²) in [4.78, 5) is 4.38. The van der Waals surface area contributed by atoms with Gasteiger partial charge in [0.25, 0.3) is 0 Å². The molecule has 1 unspecified atom stereocenters. The maximum Gasteiger partial charge on any atom is 0.0570 e. The molecule has 1 aromatic heterocycles. The van der Waals surface area contributed by atoms with Crippen molar-refractivity contribution in [2.24, 2.45) is 0 Å². The van der Waals surface area contributed by atoms with Gasteiger partial charge in [0, 0.05) is 27.2 Å². The summed E-state index contributed by atoms with van der Waals surface area (Å²) in [7, 11) is 0. The molecule has 100 valence electrons. The molecule has 0 fully saturated rings. The zero-order valence-corrected chi connectivity index (χ0v) is 14.1. The van der Waals surface area contributed by atoms with E-state index in [1.54, 1.807) is 0 Å². The van der Waals surface area contributed by atoms with Crippen molar-refractivity contribution in [3.63, 3.8) is 0 Å². The van der Waals surface area contributed by atoms with Crippen LogP contribution in [0.2, 0.25) is 0 Å². The van der Waals surface area contributed by atoms with Gasteiger partial charge in [0.15, 0.2) is 0 Å². The molecule has 1 aromatic carbocycles. The van der Waals surface area contributed by atoms with E-state index >= 15 is 0 Å². The largest absolute Gasteiger partial charge is 0.302 e. The predicted octanol–water partition coefficient (Wildman–Crippen LogP) is 5.02. The normalized spacial score (nSPS) is 14.1. The highest BCUT2D eigenvalue weighted by molar-refractivity contribution is 9.11. The maximum atomic E-state index is 4.38. The smallest absolute Gasteiger partial charge is 0.0570 e. The number of pyridine rings is 1. The second-order valence-electron chi connectivity index (χ2n) is 4.53. The lowest BCUT2D eigenvalue weighted by molar-refractivity contribution is 0.485. The van der Waals surface area contributed by atoms with Crippen molar-refractivity contribution >= 4 is 31.9 Å². The van der Waals surface area contributed by atoms with E-state index in [2.05, 4.69) is 74.2 Å². The van der Waals surface area contributed by atoms with E-state index in [-0.39, 0.29) is 12.1 Å². The topological polar surface area (TPSA) is 24.9 Å². The predicted molar refractivity (Wildman–Crippen MR) is 86.0 cm³/mol. The van der Waals surface area contributed by atoms with Crippen molar-refractivity contribution in [1.29, 1.82) is 0 Å².